The maximum Gasteiger partial charge on any atom is 0.335 e. The van der Waals surface area contributed by atoms with Crippen molar-refractivity contribution in [2.24, 2.45) is 0 Å². The third-order valence-electron chi connectivity index (χ3n) is 3.23. The fourth-order valence-electron chi connectivity index (χ4n) is 2.02. The third kappa shape index (κ3) is 2.85. The minimum absolute atomic E-state index is 0.285. The highest BCUT2D eigenvalue weighted by Gasteiger charge is 2.08. The van der Waals surface area contributed by atoms with Crippen LogP contribution in [0.4, 0.5) is 0 Å². The van der Waals surface area contributed by atoms with Crippen LogP contribution in [0.25, 0.3) is 21.8 Å². The number of aryl methyl sites for hydroxylation is 1. The van der Waals surface area contributed by atoms with Crippen molar-refractivity contribution in [3.05, 3.63) is 65.0 Å². The molecule has 3 rings (SSSR count). The van der Waals surface area contributed by atoms with Gasteiger partial charge in [0.05, 0.1) is 11.3 Å². The van der Waals surface area contributed by atoms with Gasteiger partial charge >= 0.3 is 5.97 Å². The van der Waals surface area contributed by atoms with E-state index in [9.17, 15) is 4.79 Å². The number of aromatic nitrogens is 1. The molecule has 0 aliphatic heterocycles. The first-order valence-corrected chi connectivity index (χ1v) is 7.38. The van der Waals surface area contributed by atoms with Crippen LogP contribution in [0.1, 0.15) is 15.9 Å². The van der Waals surface area contributed by atoms with Crippen molar-refractivity contribution in [3.63, 3.8) is 0 Å². The van der Waals surface area contributed by atoms with E-state index in [4.69, 9.17) is 5.11 Å². The predicted molar refractivity (Wildman–Crippen MR) is 84.7 cm³/mol. The van der Waals surface area contributed by atoms with E-state index in [1.807, 2.05) is 5.38 Å². The van der Waals surface area contributed by atoms with Gasteiger partial charge in [0.15, 0.2) is 0 Å². The Kier molecular flexibility index (Phi) is 3.54. The molecule has 1 heterocycles. The number of hydrogen-bond donors (Lipinski definition) is 1. The summed E-state index contributed by atoms with van der Waals surface area (Å²) in [5, 5.41) is 11.9. The topological polar surface area (TPSA) is 50.2 Å². The first-order valence-electron chi connectivity index (χ1n) is 6.50. The Labute approximate surface area is 126 Å². The van der Waals surface area contributed by atoms with Gasteiger partial charge < -0.3 is 5.11 Å². The van der Waals surface area contributed by atoms with Gasteiger partial charge in [-0.2, -0.15) is 0 Å². The van der Waals surface area contributed by atoms with Crippen molar-refractivity contribution in [1.29, 1.82) is 0 Å². The van der Waals surface area contributed by atoms with E-state index in [1.165, 1.54) is 5.56 Å². The molecule has 0 saturated carbocycles. The van der Waals surface area contributed by atoms with E-state index in [1.54, 1.807) is 35.6 Å². The largest absolute Gasteiger partial charge is 0.478 e. The quantitative estimate of drug-likeness (QED) is 0.775. The van der Waals surface area contributed by atoms with Gasteiger partial charge in [-0.15, -0.1) is 11.3 Å². The minimum Gasteiger partial charge on any atom is -0.478 e. The summed E-state index contributed by atoms with van der Waals surface area (Å²) in [6.07, 6.45) is 0. The van der Waals surface area contributed by atoms with Crippen LogP contribution in [-0.2, 0) is 0 Å². The number of thiazole rings is 1. The molecule has 4 heteroatoms. The molecule has 0 aliphatic carbocycles. The lowest BCUT2D eigenvalue weighted by molar-refractivity contribution is 0.0697. The Hall–Kier alpha value is -2.46. The average Bonchev–Trinajstić information content (AvgIpc) is 2.98. The number of benzene rings is 2. The van der Waals surface area contributed by atoms with E-state index in [0.29, 0.717) is 0 Å². The lowest BCUT2D eigenvalue weighted by Gasteiger charge is -1.99. The van der Waals surface area contributed by atoms with E-state index >= 15 is 0 Å². The normalized spacial score (nSPS) is 10.5. The fourth-order valence-corrected chi connectivity index (χ4v) is 2.85. The van der Waals surface area contributed by atoms with Crippen LogP contribution >= 0.6 is 11.3 Å². The summed E-state index contributed by atoms with van der Waals surface area (Å²) in [5.74, 6) is -0.917. The zero-order valence-corrected chi connectivity index (χ0v) is 12.2. The molecule has 0 saturated heterocycles. The van der Waals surface area contributed by atoms with Gasteiger partial charge in [0.2, 0.25) is 0 Å². The molecule has 0 unspecified atom stereocenters. The van der Waals surface area contributed by atoms with Crippen LogP contribution < -0.4 is 0 Å². The first-order chi connectivity index (χ1) is 10.1. The number of carbonyl (C=O) groups is 1. The van der Waals surface area contributed by atoms with Crippen LogP contribution in [0.15, 0.2) is 53.9 Å². The Morgan fingerprint density at radius 3 is 2.24 bits per heavy atom. The SMILES string of the molecule is Cc1ccc(-c2nc(-c3ccc(C(=O)O)cc3)cs2)cc1. The third-order valence-corrected chi connectivity index (χ3v) is 4.12. The predicted octanol–water partition coefficient (Wildman–Crippen LogP) is 4.48. The van der Waals surface area contributed by atoms with Gasteiger partial charge in [0.1, 0.15) is 5.01 Å². The summed E-state index contributed by atoms with van der Waals surface area (Å²) in [4.78, 5) is 15.5. The Morgan fingerprint density at radius 1 is 1.00 bits per heavy atom. The molecule has 1 aromatic heterocycles. The molecule has 0 atom stereocenters. The highest BCUT2D eigenvalue weighted by molar-refractivity contribution is 7.13. The highest BCUT2D eigenvalue weighted by atomic mass is 32.1. The monoisotopic (exact) mass is 295 g/mol. The summed E-state index contributed by atoms with van der Waals surface area (Å²) in [7, 11) is 0. The average molecular weight is 295 g/mol. The zero-order valence-electron chi connectivity index (χ0n) is 11.4. The van der Waals surface area contributed by atoms with Crippen LogP contribution in [0.3, 0.4) is 0 Å². The molecule has 0 amide bonds. The van der Waals surface area contributed by atoms with Crippen LogP contribution in [0.2, 0.25) is 0 Å². The number of aromatic carboxylic acids is 1. The maximum atomic E-state index is 10.9. The molecule has 1 N–H and O–H groups in total. The Morgan fingerprint density at radius 2 is 1.62 bits per heavy atom. The van der Waals surface area contributed by atoms with Gasteiger partial charge in [0, 0.05) is 16.5 Å². The second-order valence-electron chi connectivity index (χ2n) is 4.79. The van der Waals surface area contributed by atoms with Gasteiger partial charge in [-0.05, 0) is 19.1 Å². The number of rotatable bonds is 3. The maximum absolute atomic E-state index is 10.9. The Bertz CT molecular complexity index is 773. The summed E-state index contributed by atoms with van der Waals surface area (Å²) >= 11 is 1.59. The van der Waals surface area contributed by atoms with Gasteiger partial charge in [-0.3, -0.25) is 0 Å². The van der Waals surface area contributed by atoms with Crippen molar-refractivity contribution < 1.29 is 9.90 Å². The molecule has 3 aromatic rings. The standard InChI is InChI=1S/C17H13NO2S/c1-11-2-4-13(5-3-11)16-18-15(10-21-16)12-6-8-14(9-7-12)17(19)20/h2-10H,1H3,(H,19,20). The van der Waals surface area contributed by atoms with Crippen molar-refractivity contribution in [2.75, 3.05) is 0 Å². The van der Waals surface area contributed by atoms with E-state index in [-0.39, 0.29) is 5.56 Å². The molecule has 0 aliphatic rings. The van der Waals surface area contributed by atoms with Gasteiger partial charge in [-0.1, -0.05) is 42.0 Å². The molecule has 3 nitrogen and oxygen atoms in total. The summed E-state index contributed by atoms with van der Waals surface area (Å²) < 4.78 is 0. The lowest BCUT2D eigenvalue weighted by Crippen LogP contribution is -1.94. The van der Waals surface area contributed by atoms with Crippen LogP contribution in [0, 0.1) is 6.92 Å². The number of nitrogens with zero attached hydrogens (tertiary/aromatic N) is 1. The lowest BCUT2D eigenvalue weighted by atomic mass is 10.1. The van der Waals surface area contributed by atoms with E-state index < -0.39 is 5.97 Å². The van der Waals surface area contributed by atoms with Crippen molar-refractivity contribution >= 4 is 17.3 Å². The summed E-state index contributed by atoms with van der Waals surface area (Å²) in [6, 6.07) is 15.0. The van der Waals surface area contributed by atoms with E-state index in [0.717, 1.165) is 21.8 Å². The highest BCUT2D eigenvalue weighted by Crippen LogP contribution is 2.29. The Balaban J connectivity index is 1.90. The first kappa shape index (κ1) is 13.5. The van der Waals surface area contributed by atoms with Crippen molar-refractivity contribution in [1.82, 2.24) is 4.98 Å². The minimum atomic E-state index is -0.917. The molecule has 0 radical (unpaired) electrons. The number of carboxylic acid groups (broad SMARTS) is 1. The van der Waals surface area contributed by atoms with Gasteiger partial charge in [0.25, 0.3) is 0 Å². The summed E-state index contributed by atoms with van der Waals surface area (Å²) in [6.45, 7) is 2.06. The number of carboxylic acids is 1. The van der Waals surface area contributed by atoms with Crippen molar-refractivity contribution in [3.8, 4) is 21.8 Å². The van der Waals surface area contributed by atoms with E-state index in [2.05, 4.69) is 36.2 Å². The molecule has 0 bridgehead atoms. The smallest absolute Gasteiger partial charge is 0.335 e. The molecular formula is C17H13NO2S. The van der Waals surface area contributed by atoms with Crippen molar-refractivity contribution in [2.45, 2.75) is 6.92 Å². The molecule has 21 heavy (non-hydrogen) atoms. The molecule has 2 aromatic carbocycles. The van der Waals surface area contributed by atoms with Crippen LogP contribution in [-0.4, -0.2) is 16.1 Å². The molecular weight excluding hydrogens is 282 g/mol. The molecule has 104 valence electrons. The molecule has 0 spiro atoms. The molecule has 0 fully saturated rings. The van der Waals surface area contributed by atoms with Crippen LogP contribution in [0.5, 0.6) is 0 Å². The number of hydrogen-bond acceptors (Lipinski definition) is 3. The second kappa shape index (κ2) is 5.50. The fraction of sp³-hybridized carbons (Fsp3) is 0.0588. The zero-order chi connectivity index (χ0) is 14.8. The second-order valence-corrected chi connectivity index (χ2v) is 5.64. The summed E-state index contributed by atoms with van der Waals surface area (Å²) in [5.41, 5.74) is 4.40. The van der Waals surface area contributed by atoms with Gasteiger partial charge in [-0.25, -0.2) is 9.78 Å².